The molecule has 302 valence electrons. The molecule has 0 saturated carbocycles. The van der Waals surface area contributed by atoms with Crippen LogP contribution in [0.3, 0.4) is 0 Å². The summed E-state index contributed by atoms with van der Waals surface area (Å²) in [6.45, 7) is 5.98. The summed E-state index contributed by atoms with van der Waals surface area (Å²) in [6.07, 6.45) is 8.06. The first-order valence-electron chi connectivity index (χ1n) is 21.5. The molecule has 0 bridgehead atoms. The van der Waals surface area contributed by atoms with Gasteiger partial charge in [-0.15, -0.1) is 0 Å². The van der Waals surface area contributed by atoms with Gasteiger partial charge in [-0.2, -0.15) is 0 Å². The molecule has 0 spiro atoms. The Morgan fingerprint density at radius 3 is 1.78 bits per heavy atom. The molecular weight excluding hydrogens is 783 g/mol. The van der Waals surface area contributed by atoms with Crippen LogP contribution >= 0.6 is 0 Å². The van der Waals surface area contributed by atoms with E-state index in [1.807, 2.05) is 84.9 Å². The molecular formula is C58H39N5O. The predicted molar refractivity (Wildman–Crippen MR) is 265 cm³/mol. The molecule has 6 heteroatoms. The fourth-order valence-corrected chi connectivity index (χ4v) is 9.32. The first kappa shape index (κ1) is 37.2. The highest BCUT2D eigenvalue weighted by atomic mass is 16.3. The minimum absolute atomic E-state index is 0.601. The molecule has 0 atom stereocenters. The lowest BCUT2D eigenvalue weighted by Crippen LogP contribution is -2.01. The third-order valence-electron chi connectivity index (χ3n) is 12.3. The summed E-state index contributed by atoms with van der Waals surface area (Å²) < 4.78 is 11.3. The molecule has 6 nitrogen and oxygen atoms in total. The minimum Gasteiger partial charge on any atom is -0.456 e. The van der Waals surface area contributed by atoms with Gasteiger partial charge in [0, 0.05) is 60.4 Å². The van der Waals surface area contributed by atoms with Crippen molar-refractivity contribution in [3.05, 3.63) is 218 Å². The molecule has 12 rings (SSSR count). The Hall–Kier alpha value is -8.61. The summed E-state index contributed by atoms with van der Waals surface area (Å²) in [7, 11) is 0. The summed E-state index contributed by atoms with van der Waals surface area (Å²) in [4.78, 5) is 15.2. The van der Waals surface area contributed by atoms with Gasteiger partial charge in [-0.25, -0.2) is 15.0 Å². The average Bonchev–Trinajstić information content (AvgIpc) is 4.00. The predicted octanol–water partition coefficient (Wildman–Crippen LogP) is 15.1. The Morgan fingerprint density at radius 1 is 0.453 bits per heavy atom. The first-order valence-corrected chi connectivity index (χ1v) is 21.5. The molecule has 4 heterocycles. The van der Waals surface area contributed by atoms with E-state index < -0.39 is 0 Å². The van der Waals surface area contributed by atoms with E-state index in [1.165, 1.54) is 10.8 Å². The van der Waals surface area contributed by atoms with E-state index in [9.17, 15) is 0 Å². The van der Waals surface area contributed by atoms with Crippen molar-refractivity contribution in [1.29, 1.82) is 0 Å². The number of rotatable bonds is 8. The Morgan fingerprint density at radius 2 is 1.03 bits per heavy atom. The Balaban J connectivity index is 1.11. The highest BCUT2D eigenvalue weighted by Crippen LogP contribution is 2.41. The second-order valence-electron chi connectivity index (χ2n) is 16.0. The Labute approximate surface area is 369 Å². The van der Waals surface area contributed by atoms with Crippen LogP contribution in [0, 0.1) is 0 Å². The number of fused-ring (bicyclic) bond motifs is 9. The van der Waals surface area contributed by atoms with E-state index in [1.54, 1.807) is 0 Å². The number of nitrogens with zero attached hydrogens (tertiary/aromatic N) is 5. The number of furan rings is 1. The Bertz CT molecular complexity index is 3810. The number of hydrogen-bond acceptors (Lipinski definition) is 4. The van der Waals surface area contributed by atoms with Gasteiger partial charge in [0.2, 0.25) is 0 Å². The molecule has 64 heavy (non-hydrogen) atoms. The average molecular weight is 822 g/mol. The zero-order valence-electron chi connectivity index (χ0n) is 35.0. The number of para-hydroxylation sites is 2. The molecule has 4 aromatic heterocycles. The zero-order chi connectivity index (χ0) is 42.7. The van der Waals surface area contributed by atoms with Crippen LogP contribution in [0.25, 0.3) is 117 Å². The van der Waals surface area contributed by atoms with Crippen molar-refractivity contribution in [1.82, 2.24) is 24.1 Å². The van der Waals surface area contributed by atoms with E-state index in [-0.39, 0.29) is 0 Å². The van der Waals surface area contributed by atoms with Crippen molar-refractivity contribution in [3.63, 3.8) is 0 Å². The van der Waals surface area contributed by atoms with Crippen LogP contribution in [0.5, 0.6) is 0 Å². The monoisotopic (exact) mass is 821 g/mol. The molecule has 0 aliphatic heterocycles. The lowest BCUT2D eigenvalue weighted by molar-refractivity contribution is 0.669. The summed E-state index contributed by atoms with van der Waals surface area (Å²) in [6, 6.07) is 63.8. The third kappa shape index (κ3) is 6.07. The maximum Gasteiger partial charge on any atom is 0.164 e. The van der Waals surface area contributed by atoms with E-state index in [0.29, 0.717) is 17.5 Å². The van der Waals surface area contributed by atoms with Gasteiger partial charge >= 0.3 is 0 Å². The van der Waals surface area contributed by atoms with Crippen molar-refractivity contribution in [2.24, 2.45) is 0 Å². The summed E-state index contributed by atoms with van der Waals surface area (Å²) in [5.74, 6) is 1.85. The van der Waals surface area contributed by atoms with Crippen molar-refractivity contribution in [2.75, 3.05) is 0 Å². The van der Waals surface area contributed by atoms with Crippen LogP contribution in [0.1, 0.15) is 12.5 Å². The zero-order valence-corrected chi connectivity index (χ0v) is 35.0. The van der Waals surface area contributed by atoms with Crippen LogP contribution in [-0.2, 0) is 0 Å². The van der Waals surface area contributed by atoms with Crippen molar-refractivity contribution >= 4 is 71.1 Å². The molecule has 0 fully saturated rings. The second kappa shape index (κ2) is 15.1. The van der Waals surface area contributed by atoms with E-state index in [2.05, 4.69) is 144 Å². The largest absolute Gasteiger partial charge is 0.456 e. The van der Waals surface area contributed by atoms with Crippen LogP contribution < -0.4 is 0 Å². The van der Waals surface area contributed by atoms with Crippen LogP contribution in [0.2, 0.25) is 0 Å². The molecule has 0 N–H and O–H groups in total. The third-order valence-corrected chi connectivity index (χ3v) is 12.3. The van der Waals surface area contributed by atoms with Crippen molar-refractivity contribution in [3.8, 4) is 45.5 Å². The standard InChI is InChI=1S/C58H39N5O/c1-3-5-17-37(4-2)40-28-30-45-44-24-12-14-26-50(44)62(51(45)33-40)43-29-31-46-48-36-55-49(47-25-13-15-27-54(47)64-55)35-53(48)63(52(46)34-43)42-23-16-22-41(32-42)58-60-56(38-18-8-6-9-19-38)59-57(61-58)39-20-10-7-11-21-39/h3-36H,1H2,2H3/b17-5-,37-4+. The van der Waals surface area contributed by atoms with Crippen molar-refractivity contribution in [2.45, 2.75) is 6.92 Å². The van der Waals surface area contributed by atoms with Gasteiger partial charge in [0.1, 0.15) is 11.2 Å². The van der Waals surface area contributed by atoms with Gasteiger partial charge < -0.3 is 13.6 Å². The lowest BCUT2D eigenvalue weighted by atomic mass is 10.0. The van der Waals surface area contributed by atoms with Gasteiger partial charge in [-0.05, 0) is 72.7 Å². The highest BCUT2D eigenvalue weighted by Gasteiger charge is 2.21. The topological polar surface area (TPSA) is 61.7 Å². The summed E-state index contributed by atoms with van der Waals surface area (Å²) >= 11 is 0. The van der Waals surface area contributed by atoms with Gasteiger partial charge in [0.25, 0.3) is 0 Å². The smallest absolute Gasteiger partial charge is 0.164 e. The second-order valence-corrected chi connectivity index (χ2v) is 16.0. The number of allylic oxidation sites excluding steroid dienone is 5. The first-order chi connectivity index (χ1) is 31.6. The molecule has 12 aromatic rings. The summed E-state index contributed by atoms with van der Waals surface area (Å²) in [5.41, 5.74) is 13.2. The van der Waals surface area contributed by atoms with Crippen LogP contribution in [-0.4, -0.2) is 24.1 Å². The normalized spacial score (nSPS) is 12.2. The van der Waals surface area contributed by atoms with Gasteiger partial charge in [0.05, 0.1) is 22.1 Å². The molecule has 0 aliphatic carbocycles. The molecule has 0 aliphatic rings. The summed E-state index contributed by atoms with van der Waals surface area (Å²) in [5, 5.41) is 6.79. The van der Waals surface area contributed by atoms with Gasteiger partial charge in [0.15, 0.2) is 17.5 Å². The lowest BCUT2D eigenvalue weighted by Gasteiger charge is -2.13. The van der Waals surface area contributed by atoms with Gasteiger partial charge in [-0.3, -0.25) is 0 Å². The number of hydrogen-bond donors (Lipinski definition) is 0. The highest BCUT2D eigenvalue weighted by molar-refractivity contribution is 6.18. The number of aromatic nitrogens is 5. The van der Waals surface area contributed by atoms with Gasteiger partial charge in [-0.1, -0.05) is 158 Å². The number of benzene rings is 8. The van der Waals surface area contributed by atoms with E-state index in [4.69, 9.17) is 19.4 Å². The quantitative estimate of drug-likeness (QED) is 0.143. The maximum atomic E-state index is 6.49. The molecule has 0 radical (unpaired) electrons. The minimum atomic E-state index is 0.601. The fraction of sp³-hybridized carbons (Fsp3) is 0.0172. The maximum absolute atomic E-state index is 6.49. The van der Waals surface area contributed by atoms with Crippen LogP contribution in [0.4, 0.5) is 0 Å². The molecule has 0 amide bonds. The Kier molecular flexibility index (Phi) is 8.76. The fourth-order valence-electron chi connectivity index (χ4n) is 9.32. The molecule has 0 unspecified atom stereocenters. The van der Waals surface area contributed by atoms with E-state index >= 15 is 0 Å². The van der Waals surface area contributed by atoms with E-state index in [0.717, 1.165) is 94.0 Å². The molecule has 8 aromatic carbocycles. The van der Waals surface area contributed by atoms with Crippen LogP contribution in [0.15, 0.2) is 217 Å². The van der Waals surface area contributed by atoms with Crippen molar-refractivity contribution < 1.29 is 4.42 Å². The SMILES string of the molecule is C=C/C=C\C(=C/C)c1ccc2c3ccccc3n(-c3ccc4c5cc6oc7ccccc7c6cc5n(-c5cccc(-c6nc(-c7ccccc7)nc(-c7ccccc7)n6)c5)c4c3)c2c1. The molecule has 0 saturated heterocycles.